The maximum Gasteiger partial charge on any atom is 0.164 e. The van der Waals surface area contributed by atoms with Crippen LogP contribution in [-0.2, 0) is 0 Å². The van der Waals surface area contributed by atoms with Gasteiger partial charge in [0.15, 0.2) is 17.5 Å². The number of aromatic nitrogens is 5. The minimum atomic E-state index is 0.578. The summed E-state index contributed by atoms with van der Waals surface area (Å²) in [6.07, 6.45) is 0. The van der Waals surface area contributed by atoms with Crippen molar-refractivity contribution in [1.29, 1.82) is 0 Å². The SMILES string of the molecule is Cc1ccc(-c2c(-c3ccccc3)c(-c3ccccc3)c(-c3ccc(C)cc3)c(-c3ccc(-n4c5ccccc5c5cc6c(cc54)c4ccccc4n6-c4ccccc4)cc3)c2-c2ccc(-c3nc(-c4ccccc4)nc(-c4cc(-c5ccccc5)cc(-c5ccccc5)c4)n3)cc2)cc1. The fourth-order valence-electron chi connectivity index (χ4n) is 15.0. The second-order valence-electron chi connectivity index (χ2n) is 26.0. The molecule has 470 valence electrons. The van der Waals surface area contributed by atoms with Crippen LogP contribution in [0.5, 0.6) is 0 Å². The van der Waals surface area contributed by atoms with E-state index in [-0.39, 0.29) is 0 Å². The second-order valence-corrected chi connectivity index (χ2v) is 26.0. The Kier molecular flexibility index (Phi) is 14.9. The summed E-state index contributed by atoms with van der Waals surface area (Å²) in [5, 5.41) is 4.83. The highest BCUT2D eigenvalue weighted by Crippen LogP contribution is 2.56. The standard InChI is InChI=1S/C95H65N5/c1-62-41-45-68(46-42-62)89-87(66-29-13-5-14-30-66)88(67-31-15-6-16-32-67)90(69-47-43-63(2)44-48-69)92(71-53-55-78(56-54-71)100-84-40-24-22-38-80(84)82-60-85-81(61-86(82)100)79-37-21-23-39-83(79)99(85)77-35-19-8-20-36-77)91(89)70-49-51-73(52-50-70)94-96-93(72-33-17-7-18-34-72)97-95(98-94)76-58-74(64-25-9-3-10-26-64)57-75(59-76)65-27-11-4-12-28-65/h3-61H,1-2H3. The van der Waals surface area contributed by atoms with Crippen molar-refractivity contribution in [3.8, 4) is 135 Å². The van der Waals surface area contributed by atoms with Gasteiger partial charge in [0.05, 0.1) is 22.1 Å². The van der Waals surface area contributed by atoms with Gasteiger partial charge in [-0.25, -0.2) is 15.0 Å². The van der Waals surface area contributed by atoms with Crippen LogP contribution in [0.1, 0.15) is 11.1 Å². The number of fused-ring (bicyclic) bond motifs is 6. The van der Waals surface area contributed by atoms with Gasteiger partial charge in [0.25, 0.3) is 0 Å². The van der Waals surface area contributed by atoms with Gasteiger partial charge >= 0.3 is 0 Å². The molecular weight excluding hydrogens is 1210 g/mol. The maximum atomic E-state index is 5.45. The van der Waals surface area contributed by atoms with Crippen LogP contribution in [0.25, 0.3) is 178 Å². The van der Waals surface area contributed by atoms with Crippen molar-refractivity contribution in [3.05, 3.63) is 369 Å². The molecule has 5 heteroatoms. The van der Waals surface area contributed by atoms with Crippen LogP contribution in [0.3, 0.4) is 0 Å². The predicted octanol–water partition coefficient (Wildman–Crippen LogP) is 25.0. The van der Waals surface area contributed by atoms with Gasteiger partial charge in [-0.3, -0.25) is 0 Å². The zero-order valence-corrected chi connectivity index (χ0v) is 55.3. The zero-order valence-electron chi connectivity index (χ0n) is 55.3. The highest BCUT2D eigenvalue weighted by molar-refractivity contribution is 6.20. The lowest BCUT2D eigenvalue weighted by Gasteiger charge is -2.29. The van der Waals surface area contributed by atoms with Gasteiger partial charge in [-0.15, -0.1) is 0 Å². The number of nitrogens with zero attached hydrogens (tertiary/aromatic N) is 5. The molecule has 18 aromatic rings. The number of rotatable bonds is 13. The molecule has 0 aliphatic rings. The van der Waals surface area contributed by atoms with Crippen LogP contribution in [0.2, 0.25) is 0 Å². The fourth-order valence-corrected chi connectivity index (χ4v) is 15.0. The molecule has 15 aromatic carbocycles. The van der Waals surface area contributed by atoms with Gasteiger partial charge < -0.3 is 9.13 Å². The Hall–Kier alpha value is -13.1. The van der Waals surface area contributed by atoms with E-state index in [1.54, 1.807) is 0 Å². The van der Waals surface area contributed by atoms with Crippen LogP contribution in [0, 0.1) is 13.8 Å². The molecule has 0 aliphatic carbocycles. The van der Waals surface area contributed by atoms with E-state index in [9.17, 15) is 0 Å². The summed E-state index contributed by atoms with van der Waals surface area (Å²) in [7, 11) is 0. The van der Waals surface area contributed by atoms with E-state index in [0.717, 1.165) is 128 Å². The molecule has 0 unspecified atom stereocenters. The normalized spacial score (nSPS) is 11.5. The molecule has 0 amide bonds. The van der Waals surface area contributed by atoms with E-state index in [1.165, 1.54) is 43.7 Å². The summed E-state index contributed by atoms with van der Waals surface area (Å²) in [5.41, 5.74) is 29.7. The Labute approximate surface area is 581 Å². The van der Waals surface area contributed by atoms with Gasteiger partial charge in [-0.05, 0) is 170 Å². The van der Waals surface area contributed by atoms with E-state index >= 15 is 0 Å². The number of hydrogen-bond acceptors (Lipinski definition) is 3. The van der Waals surface area contributed by atoms with Crippen molar-refractivity contribution in [2.24, 2.45) is 0 Å². The molecule has 5 nitrogen and oxygen atoms in total. The molecule has 0 fully saturated rings. The van der Waals surface area contributed by atoms with Crippen LogP contribution < -0.4 is 0 Å². The molecule has 18 rings (SSSR count). The van der Waals surface area contributed by atoms with Crippen molar-refractivity contribution in [3.63, 3.8) is 0 Å². The Bertz CT molecular complexity index is 6010. The third kappa shape index (κ3) is 10.7. The Morgan fingerprint density at radius 3 is 0.830 bits per heavy atom. The first-order valence-electron chi connectivity index (χ1n) is 34.2. The monoisotopic (exact) mass is 1280 g/mol. The van der Waals surface area contributed by atoms with E-state index in [1.807, 2.05) is 18.2 Å². The summed E-state index contributed by atoms with van der Waals surface area (Å²) in [6.45, 7) is 4.35. The minimum absolute atomic E-state index is 0.578. The molecule has 0 bridgehead atoms. The smallest absolute Gasteiger partial charge is 0.164 e. The third-order valence-corrected chi connectivity index (χ3v) is 19.7. The highest BCUT2D eigenvalue weighted by atomic mass is 15.0. The number of aryl methyl sites for hydroxylation is 2. The minimum Gasteiger partial charge on any atom is -0.309 e. The summed E-state index contributed by atoms with van der Waals surface area (Å²) in [5.74, 6) is 1.76. The maximum absolute atomic E-state index is 5.45. The van der Waals surface area contributed by atoms with Gasteiger partial charge in [-0.2, -0.15) is 0 Å². The van der Waals surface area contributed by atoms with Crippen LogP contribution in [-0.4, -0.2) is 24.1 Å². The van der Waals surface area contributed by atoms with E-state index in [0.29, 0.717) is 17.5 Å². The van der Waals surface area contributed by atoms with E-state index < -0.39 is 0 Å². The molecule has 100 heavy (non-hydrogen) atoms. The molecule has 0 radical (unpaired) electrons. The van der Waals surface area contributed by atoms with Crippen molar-refractivity contribution in [2.75, 3.05) is 0 Å². The summed E-state index contributed by atoms with van der Waals surface area (Å²) < 4.78 is 4.88. The molecule has 3 heterocycles. The lowest BCUT2D eigenvalue weighted by Crippen LogP contribution is -2.03. The van der Waals surface area contributed by atoms with E-state index in [4.69, 9.17) is 15.0 Å². The molecule has 0 N–H and O–H groups in total. The van der Waals surface area contributed by atoms with Crippen molar-refractivity contribution < 1.29 is 0 Å². The molecule has 0 spiro atoms. The lowest BCUT2D eigenvalue weighted by atomic mass is 9.74. The molecule has 0 saturated heterocycles. The summed E-state index contributed by atoms with van der Waals surface area (Å²) >= 11 is 0. The number of benzene rings is 15. The fraction of sp³-hybridized carbons (Fsp3) is 0.0211. The Morgan fingerprint density at radius 2 is 0.440 bits per heavy atom. The summed E-state index contributed by atoms with van der Waals surface area (Å²) in [6, 6.07) is 130. The van der Waals surface area contributed by atoms with Gasteiger partial charge in [0.1, 0.15) is 0 Å². The van der Waals surface area contributed by atoms with Gasteiger partial charge in [0.2, 0.25) is 0 Å². The second kappa shape index (κ2) is 25.2. The van der Waals surface area contributed by atoms with Gasteiger partial charge in [0, 0.05) is 49.6 Å². The van der Waals surface area contributed by atoms with Crippen molar-refractivity contribution in [1.82, 2.24) is 24.1 Å². The molecule has 3 aromatic heterocycles. The number of para-hydroxylation sites is 3. The quantitative estimate of drug-likeness (QED) is 0.116. The van der Waals surface area contributed by atoms with Crippen molar-refractivity contribution >= 4 is 43.6 Å². The highest BCUT2D eigenvalue weighted by Gasteiger charge is 2.30. The summed E-state index contributed by atoms with van der Waals surface area (Å²) in [4.78, 5) is 16.1. The topological polar surface area (TPSA) is 48.5 Å². The average Bonchev–Trinajstić information content (AvgIpc) is 1.24. The molecule has 0 aliphatic heterocycles. The first-order chi connectivity index (χ1) is 49.4. The predicted molar refractivity (Wildman–Crippen MR) is 418 cm³/mol. The number of hydrogen-bond donors (Lipinski definition) is 0. The molecule has 0 saturated carbocycles. The molecular formula is C95H65N5. The Balaban J connectivity index is 0.888. The van der Waals surface area contributed by atoms with E-state index in [2.05, 4.69) is 363 Å². The Morgan fingerprint density at radius 1 is 0.180 bits per heavy atom. The molecule has 0 atom stereocenters. The average molecular weight is 1280 g/mol. The third-order valence-electron chi connectivity index (χ3n) is 19.7. The lowest BCUT2D eigenvalue weighted by molar-refractivity contribution is 1.07. The van der Waals surface area contributed by atoms with Crippen LogP contribution >= 0.6 is 0 Å². The van der Waals surface area contributed by atoms with Crippen molar-refractivity contribution in [2.45, 2.75) is 13.8 Å². The van der Waals surface area contributed by atoms with Crippen LogP contribution in [0.4, 0.5) is 0 Å². The van der Waals surface area contributed by atoms with Gasteiger partial charge in [-0.1, -0.05) is 302 Å². The zero-order chi connectivity index (χ0) is 66.6. The first-order valence-corrected chi connectivity index (χ1v) is 34.2. The largest absolute Gasteiger partial charge is 0.309 e. The first kappa shape index (κ1) is 59.4. The van der Waals surface area contributed by atoms with Crippen LogP contribution in [0.15, 0.2) is 358 Å².